The van der Waals surface area contributed by atoms with Crippen molar-refractivity contribution in [1.82, 2.24) is 34.4 Å². The summed E-state index contributed by atoms with van der Waals surface area (Å²) in [7, 11) is 0. The number of carbonyl (C=O) groups excluding carboxylic acids is 1. The van der Waals surface area contributed by atoms with Gasteiger partial charge in [0.2, 0.25) is 0 Å². The summed E-state index contributed by atoms with van der Waals surface area (Å²) in [4.78, 5) is 33.8. The second-order valence-corrected chi connectivity index (χ2v) is 8.01. The van der Waals surface area contributed by atoms with Crippen molar-refractivity contribution < 1.29 is 4.79 Å². The maximum absolute atomic E-state index is 13.2. The molecule has 1 fully saturated rings. The summed E-state index contributed by atoms with van der Waals surface area (Å²) in [5.41, 5.74) is 3.81. The predicted molar refractivity (Wildman–Crippen MR) is 119 cm³/mol. The van der Waals surface area contributed by atoms with E-state index in [2.05, 4.69) is 20.3 Å². The largest absolute Gasteiger partial charge is 0.336 e. The van der Waals surface area contributed by atoms with Gasteiger partial charge in [-0.1, -0.05) is 11.3 Å². The number of piperidine rings is 1. The average molecular weight is 429 g/mol. The molecule has 0 aliphatic carbocycles. The predicted octanol–water partition coefficient (Wildman–Crippen LogP) is 2.60. The molecule has 1 amide bonds. The Bertz CT molecular complexity index is 1320. The van der Waals surface area contributed by atoms with Gasteiger partial charge in [0.15, 0.2) is 0 Å². The van der Waals surface area contributed by atoms with E-state index in [9.17, 15) is 9.59 Å². The zero-order valence-corrected chi connectivity index (χ0v) is 17.7. The fraction of sp³-hybridized carbons (Fsp3) is 0.261. The number of likely N-dealkylation sites (tertiary alicyclic amines) is 1. The highest BCUT2D eigenvalue weighted by atomic mass is 16.2. The van der Waals surface area contributed by atoms with Crippen LogP contribution in [0.4, 0.5) is 0 Å². The molecule has 1 saturated heterocycles. The molecule has 4 heterocycles. The Balaban J connectivity index is 1.35. The number of rotatable bonds is 4. The minimum atomic E-state index is -0.238. The van der Waals surface area contributed by atoms with Crippen LogP contribution in [-0.4, -0.2) is 53.4 Å². The molecule has 1 unspecified atom stereocenters. The summed E-state index contributed by atoms with van der Waals surface area (Å²) in [5.74, 6) is -0.0522. The Hall–Kier alpha value is -4.01. The minimum Gasteiger partial charge on any atom is -0.336 e. The third kappa shape index (κ3) is 3.73. The van der Waals surface area contributed by atoms with Gasteiger partial charge in [-0.25, -0.2) is 9.48 Å². The van der Waals surface area contributed by atoms with E-state index in [-0.39, 0.29) is 17.6 Å². The molecule has 9 nitrogen and oxygen atoms in total. The van der Waals surface area contributed by atoms with Crippen molar-refractivity contribution in [2.75, 3.05) is 13.1 Å². The lowest BCUT2D eigenvalue weighted by Crippen LogP contribution is -2.40. The first-order valence-electron chi connectivity index (χ1n) is 10.6. The Morgan fingerprint density at radius 3 is 2.97 bits per heavy atom. The van der Waals surface area contributed by atoms with Gasteiger partial charge in [0.05, 0.1) is 17.9 Å². The van der Waals surface area contributed by atoms with E-state index in [4.69, 9.17) is 0 Å². The van der Waals surface area contributed by atoms with Gasteiger partial charge < -0.3 is 9.88 Å². The van der Waals surface area contributed by atoms with E-state index >= 15 is 0 Å². The standard InChI is InChI=1S/C23H23N7O2/c1-16-7-8-24-13-20(16)21-15-30(27-26-21)19-6-3-10-28(14-19)22(31)17-4-2-5-18(12-17)29-11-9-25-23(29)32/h2,4-5,7-9,11-13,15,19H,3,6,10,14H2,1H3,(H,25,32). The van der Waals surface area contributed by atoms with Gasteiger partial charge >= 0.3 is 5.69 Å². The van der Waals surface area contributed by atoms with Gasteiger partial charge in [-0.15, -0.1) is 5.10 Å². The highest BCUT2D eigenvalue weighted by Gasteiger charge is 2.27. The van der Waals surface area contributed by atoms with Crippen molar-refractivity contribution in [3.63, 3.8) is 0 Å². The van der Waals surface area contributed by atoms with Crippen molar-refractivity contribution >= 4 is 5.91 Å². The van der Waals surface area contributed by atoms with Gasteiger partial charge in [0.25, 0.3) is 5.91 Å². The lowest BCUT2D eigenvalue weighted by Gasteiger charge is -2.32. The smallest absolute Gasteiger partial charge is 0.330 e. The fourth-order valence-electron chi connectivity index (χ4n) is 4.16. The SMILES string of the molecule is Cc1ccncc1-c1cn(C2CCCN(C(=O)c3cccc(-n4cc[nH]c4=O)c3)C2)nn1. The number of carbonyl (C=O) groups is 1. The number of aromatic amines is 1. The number of pyridine rings is 1. The number of H-pyrrole nitrogens is 1. The van der Waals surface area contributed by atoms with Crippen molar-refractivity contribution in [2.45, 2.75) is 25.8 Å². The molecule has 0 radical (unpaired) electrons. The second-order valence-electron chi connectivity index (χ2n) is 8.01. The molecule has 9 heteroatoms. The van der Waals surface area contributed by atoms with Gasteiger partial charge in [-0.2, -0.15) is 0 Å². The number of benzene rings is 1. The van der Waals surface area contributed by atoms with Crippen molar-refractivity contribution in [3.05, 3.63) is 82.9 Å². The second kappa shape index (κ2) is 8.26. The van der Waals surface area contributed by atoms with Crippen LogP contribution in [0.2, 0.25) is 0 Å². The lowest BCUT2D eigenvalue weighted by molar-refractivity contribution is 0.0672. The third-order valence-corrected chi connectivity index (χ3v) is 5.90. The van der Waals surface area contributed by atoms with Crippen LogP contribution in [0.1, 0.15) is 34.8 Å². The number of nitrogens with one attached hydrogen (secondary N) is 1. The molecule has 32 heavy (non-hydrogen) atoms. The monoisotopic (exact) mass is 429 g/mol. The van der Waals surface area contributed by atoms with E-state index in [1.165, 1.54) is 4.57 Å². The summed E-state index contributed by atoms with van der Waals surface area (Å²) >= 11 is 0. The third-order valence-electron chi connectivity index (χ3n) is 5.90. The summed E-state index contributed by atoms with van der Waals surface area (Å²) in [6.07, 6.45) is 10.5. The summed E-state index contributed by atoms with van der Waals surface area (Å²) in [5, 5.41) is 8.67. The van der Waals surface area contributed by atoms with E-state index < -0.39 is 0 Å². The zero-order valence-electron chi connectivity index (χ0n) is 17.7. The average Bonchev–Trinajstić information content (AvgIpc) is 3.48. The molecule has 0 spiro atoms. The molecular formula is C23H23N7O2. The molecule has 0 saturated carbocycles. The van der Waals surface area contributed by atoms with E-state index in [0.717, 1.165) is 29.7 Å². The molecule has 1 N–H and O–H groups in total. The number of hydrogen-bond donors (Lipinski definition) is 1. The Kier molecular flexibility index (Phi) is 5.14. The van der Waals surface area contributed by atoms with Crippen LogP contribution >= 0.6 is 0 Å². The topological polar surface area (TPSA) is 102 Å². The molecular weight excluding hydrogens is 406 g/mol. The van der Waals surface area contributed by atoms with Gasteiger partial charge in [-0.05, 0) is 49.6 Å². The maximum Gasteiger partial charge on any atom is 0.330 e. The number of imidazole rings is 1. The molecule has 162 valence electrons. The highest BCUT2D eigenvalue weighted by molar-refractivity contribution is 5.94. The zero-order chi connectivity index (χ0) is 22.1. The number of hydrogen-bond acceptors (Lipinski definition) is 5. The van der Waals surface area contributed by atoms with Gasteiger partial charge in [0, 0.05) is 49.0 Å². The van der Waals surface area contributed by atoms with Crippen LogP contribution in [-0.2, 0) is 0 Å². The maximum atomic E-state index is 13.2. The van der Waals surface area contributed by atoms with Crippen LogP contribution in [0.3, 0.4) is 0 Å². The molecule has 3 aromatic heterocycles. The summed E-state index contributed by atoms with van der Waals surface area (Å²) in [6, 6.07) is 9.14. The molecule has 1 aliphatic heterocycles. The molecule has 0 bridgehead atoms. The molecule has 1 aromatic carbocycles. The van der Waals surface area contributed by atoms with Crippen LogP contribution in [0.25, 0.3) is 16.9 Å². The molecule has 5 rings (SSSR count). The summed E-state index contributed by atoms with van der Waals surface area (Å²) < 4.78 is 3.34. The molecule has 4 aromatic rings. The van der Waals surface area contributed by atoms with Crippen LogP contribution in [0.5, 0.6) is 0 Å². The van der Waals surface area contributed by atoms with Crippen LogP contribution < -0.4 is 5.69 Å². The fourth-order valence-corrected chi connectivity index (χ4v) is 4.16. The minimum absolute atomic E-state index is 0.0522. The van der Waals surface area contributed by atoms with Crippen LogP contribution in [0.15, 0.2) is 66.1 Å². The normalized spacial score (nSPS) is 16.3. The highest BCUT2D eigenvalue weighted by Crippen LogP contribution is 2.25. The van der Waals surface area contributed by atoms with E-state index in [1.54, 1.807) is 43.0 Å². The van der Waals surface area contributed by atoms with Crippen molar-refractivity contribution in [2.24, 2.45) is 0 Å². The first-order valence-corrected chi connectivity index (χ1v) is 10.6. The van der Waals surface area contributed by atoms with Crippen LogP contribution in [0, 0.1) is 6.92 Å². The number of nitrogens with zero attached hydrogens (tertiary/aromatic N) is 6. The van der Waals surface area contributed by atoms with E-state index in [0.29, 0.717) is 24.3 Å². The van der Waals surface area contributed by atoms with E-state index in [1.807, 2.05) is 34.8 Å². The number of aromatic nitrogens is 6. The van der Waals surface area contributed by atoms with Crippen molar-refractivity contribution in [3.8, 4) is 16.9 Å². The quantitative estimate of drug-likeness (QED) is 0.537. The Morgan fingerprint density at radius 1 is 1.25 bits per heavy atom. The summed E-state index contributed by atoms with van der Waals surface area (Å²) in [6.45, 7) is 3.27. The first kappa shape index (κ1) is 19.9. The first-order chi connectivity index (χ1) is 15.6. The molecule has 1 atom stereocenters. The van der Waals surface area contributed by atoms with Gasteiger partial charge in [-0.3, -0.25) is 14.3 Å². The van der Waals surface area contributed by atoms with Gasteiger partial charge in [0.1, 0.15) is 5.69 Å². The Labute approximate surface area is 184 Å². The lowest BCUT2D eigenvalue weighted by atomic mass is 10.0. The number of amides is 1. The Morgan fingerprint density at radius 2 is 2.16 bits per heavy atom. The number of aryl methyl sites for hydroxylation is 1. The van der Waals surface area contributed by atoms with Crippen molar-refractivity contribution in [1.29, 1.82) is 0 Å². The molecule has 1 aliphatic rings.